The Hall–Kier alpha value is -1.34. The van der Waals surface area contributed by atoms with Crippen molar-refractivity contribution in [2.24, 2.45) is 0 Å². The van der Waals surface area contributed by atoms with E-state index in [9.17, 15) is 4.79 Å². The lowest BCUT2D eigenvalue weighted by molar-refractivity contribution is -0.123. The average molecular weight is 332 g/mol. The van der Waals surface area contributed by atoms with Crippen LogP contribution in [0.15, 0.2) is 28.7 Å². The molecule has 1 amide bonds. The topological polar surface area (TPSA) is 62.4 Å². The Bertz CT molecular complexity index is 411. The Morgan fingerprint density at radius 3 is 2.61 bits per heavy atom. The van der Waals surface area contributed by atoms with Gasteiger partial charge in [0.25, 0.3) is 5.91 Å². The van der Waals surface area contributed by atoms with Gasteiger partial charge < -0.3 is 10.1 Å². The highest BCUT2D eigenvalue weighted by molar-refractivity contribution is 9.10. The third-order valence-electron chi connectivity index (χ3n) is 1.84. The van der Waals surface area contributed by atoms with Crippen LogP contribution in [0, 0.1) is 0 Å². The van der Waals surface area contributed by atoms with E-state index in [1.165, 1.54) is 0 Å². The quantitative estimate of drug-likeness (QED) is 0.574. The number of rotatable bonds is 4. The second-order valence-corrected chi connectivity index (χ2v) is 4.60. The lowest BCUT2D eigenvalue weighted by atomic mass is 10.3. The van der Waals surface area contributed by atoms with Crippen LogP contribution in [0.1, 0.15) is 6.92 Å². The van der Waals surface area contributed by atoms with Crippen LogP contribution in [0.5, 0.6) is 5.75 Å². The molecule has 0 aliphatic carbocycles. The maximum atomic E-state index is 11.4. The minimum Gasteiger partial charge on any atom is -0.484 e. The summed E-state index contributed by atoms with van der Waals surface area (Å²) in [6.45, 7) is 2.52. The average Bonchev–Trinajstić information content (AvgIpc) is 2.36. The van der Waals surface area contributed by atoms with Gasteiger partial charge in [0.1, 0.15) is 5.75 Å². The van der Waals surface area contributed by atoms with Gasteiger partial charge >= 0.3 is 0 Å². The van der Waals surface area contributed by atoms with E-state index in [2.05, 4.69) is 32.1 Å². The van der Waals surface area contributed by atoms with Gasteiger partial charge in [-0.25, -0.2) is 0 Å². The highest BCUT2D eigenvalue weighted by Gasteiger charge is 2.02. The van der Waals surface area contributed by atoms with E-state index in [1.54, 1.807) is 12.1 Å². The van der Waals surface area contributed by atoms with Gasteiger partial charge in [0.15, 0.2) is 11.7 Å². The molecular formula is C11H14BrN3O2S. The second kappa shape index (κ2) is 7.88. The van der Waals surface area contributed by atoms with E-state index < -0.39 is 0 Å². The van der Waals surface area contributed by atoms with Crippen molar-refractivity contribution in [3.8, 4) is 5.75 Å². The fraction of sp³-hybridized carbons (Fsp3) is 0.273. The first-order valence-electron chi connectivity index (χ1n) is 5.33. The maximum absolute atomic E-state index is 11.4. The molecule has 0 bridgehead atoms. The smallest absolute Gasteiger partial charge is 0.276 e. The predicted octanol–water partition coefficient (Wildman–Crippen LogP) is 1.34. The molecule has 18 heavy (non-hydrogen) atoms. The molecule has 1 aromatic carbocycles. The zero-order valence-corrected chi connectivity index (χ0v) is 12.2. The summed E-state index contributed by atoms with van der Waals surface area (Å²) < 4.78 is 6.23. The highest BCUT2D eigenvalue weighted by Crippen LogP contribution is 2.15. The summed E-state index contributed by atoms with van der Waals surface area (Å²) in [6.07, 6.45) is 0. The van der Waals surface area contributed by atoms with E-state index in [1.807, 2.05) is 19.1 Å². The number of hydrogen-bond donors (Lipinski definition) is 3. The Labute approximate surface area is 119 Å². The zero-order chi connectivity index (χ0) is 13.4. The Kier molecular flexibility index (Phi) is 6.45. The summed E-state index contributed by atoms with van der Waals surface area (Å²) in [5.74, 6) is 0.320. The van der Waals surface area contributed by atoms with Crippen LogP contribution >= 0.6 is 28.1 Å². The van der Waals surface area contributed by atoms with Crippen molar-refractivity contribution in [3.63, 3.8) is 0 Å². The molecule has 5 nitrogen and oxygen atoms in total. The van der Waals surface area contributed by atoms with Crippen LogP contribution in [0.3, 0.4) is 0 Å². The van der Waals surface area contributed by atoms with Crippen molar-refractivity contribution in [2.45, 2.75) is 6.92 Å². The van der Waals surface area contributed by atoms with Gasteiger partial charge in [0, 0.05) is 11.0 Å². The van der Waals surface area contributed by atoms with Crippen molar-refractivity contribution in [2.75, 3.05) is 13.2 Å². The van der Waals surface area contributed by atoms with Crippen molar-refractivity contribution in [3.05, 3.63) is 28.7 Å². The molecule has 0 saturated carbocycles. The molecule has 0 aliphatic heterocycles. The number of hydrazine groups is 1. The molecule has 0 aliphatic rings. The summed E-state index contributed by atoms with van der Waals surface area (Å²) in [5.41, 5.74) is 4.98. The van der Waals surface area contributed by atoms with Crippen LogP contribution in [-0.4, -0.2) is 24.2 Å². The summed E-state index contributed by atoms with van der Waals surface area (Å²) in [7, 11) is 0. The molecule has 1 aromatic rings. The molecule has 0 fully saturated rings. The Morgan fingerprint density at radius 1 is 1.33 bits per heavy atom. The number of hydrogen-bond acceptors (Lipinski definition) is 3. The van der Waals surface area contributed by atoms with Gasteiger partial charge in [-0.3, -0.25) is 15.6 Å². The van der Waals surface area contributed by atoms with Crippen LogP contribution in [0.4, 0.5) is 0 Å². The number of carbonyl (C=O) groups excluding carboxylic acids is 1. The highest BCUT2D eigenvalue weighted by atomic mass is 79.9. The fourth-order valence-corrected chi connectivity index (χ4v) is 1.51. The molecule has 7 heteroatoms. The van der Waals surface area contributed by atoms with Crippen LogP contribution in [0.2, 0.25) is 0 Å². The largest absolute Gasteiger partial charge is 0.484 e. The molecule has 0 unspecified atom stereocenters. The zero-order valence-electron chi connectivity index (χ0n) is 9.83. The molecule has 0 heterocycles. The van der Waals surface area contributed by atoms with Gasteiger partial charge in [-0.2, -0.15) is 0 Å². The number of thiocarbonyl (C=S) groups is 1. The van der Waals surface area contributed by atoms with E-state index >= 15 is 0 Å². The monoisotopic (exact) mass is 331 g/mol. The maximum Gasteiger partial charge on any atom is 0.276 e. The first kappa shape index (κ1) is 14.7. The first-order chi connectivity index (χ1) is 8.61. The molecule has 98 valence electrons. The first-order valence-corrected chi connectivity index (χ1v) is 6.53. The number of halogens is 1. The van der Waals surface area contributed by atoms with Crippen molar-refractivity contribution in [1.29, 1.82) is 0 Å². The SMILES string of the molecule is CCNC(=S)NNC(=O)COc1ccc(Br)cc1. The molecule has 0 atom stereocenters. The molecule has 1 rings (SSSR count). The van der Waals surface area contributed by atoms with Crippen molar-refractivity contribution >= 4 is 39.2 Å². The molecule has 0 radical (unpaired) electrons. The van der Waals surface area contributed by atoms with E-state index in [-0.39, 0.29) is 12.5 Å². The molecular weight excluding hydrogens is 318 g/mol. The lowest BCUT2D eigenvalue weighted by Gasteiger charge is -2.10. The third-order valence-corrected chi connectivity index (χ3v) is 2.61. The van der Waals surface area contributed by atoms with E-state index in [4.69, 9.17) is 17.0 Å². The van der Waals surface area contributed by atoms with Gasteiger partial charge in [-0.1, -0.05) is 15.9 Å². The molecule has 0 saturated heterocycles. The third kappa shape index (κ3) is 5.83. The fourth-order valence-electron chi connectivity index (χ4n) is 1.05. The van der Waals surface area contributed by atoms with Gasteiger partial charge in [-0.15, -0.1) is 0 Å². The molecule has 3 N–H and O–H groups in total. The standard InChI is InChI=1S/C11H14BrN3O2S/c1-2-13-11(18)15-14-10(16)7-17-9-5-3-8(12)4-6-9/h3-6H,2,7H2,1H3,(H,14,16)(H2,13,15,18). The van der Waals surface area contributed by atoms with Gasteiger partial charge in [0.2, 0.25) is 0 Å². The minimum absolute atomic E-state index is 0.0800. The van der Waals surface area contributed by atoms with Crippen molar-refractivity contribution < 1.29 is 9.53 Å². The summed E-state index contributed by atoms with van der Waals surface area (Å²) in [4.78, 5) is 11.4. The Balaban J connectivity index is 2.24. The van der Waals surface area contributed by atoms with Crippen LogP contribution in [0.25, 0.3) is 0 Å². The normalized spacial score (nSPS) is 9.44. The summed E-state index contributed by atoms with van der Waals surface area (Å²) >= 11 is 8.20. The lowest BCUT2D eigenvalue weighted by Crippen LogP contribution is -2.48. The van der Waals surface area contributed by atoms with Gasteiger partial charge in [0.05, 0.1) is 0 Å². The van der Waals surface area contributed by atoms with Gasteiger partial charge in [-0.05, 0) is 43.4 Å². The second-order valence-electron chi connectivity index (χ2n) is 3.28. The van der Waals surface area contributed by atoms with Crippen molar-refractivity contribution in [1.82, 2.24) is 16.2 Å². The number of ether oxygens (including phenoxy) is 1. The molecule has 0 spiro atoms. The number of nitrogens with one attached hydrogen (secondary N) is 3. The van der Waals surface area contributed by atoms with Crippen LogP contribution in [-0.2, 0) is 4.79 Å². The molecule has 0 aromatic heterocycles. The van der Waals surface area contributed by atoms with E-state index in [0.717, 1.165) is 4.47 Å². The Morgan fingerprint density at radius 2 is 2.00 bits per heavy atom. The van der Waals surface area contributed by atoms with E-state index in [0.29, 0.717) is 17.4 Å². The number of carbonyl (C=O) groups is 1. The number of benzene rings is 1. The summed E-state index contributed by atoms with van der Waals surface area (Å²) in [6, 6.07) is 7.22. The minimum atomic E-state index is -0.307. The van der Waals surface area contributed by atoms with Crippen LogP contribution < -0.4 is 20.9 Å². The summed E-state index contributed by atoms with van der Waals surface area (Å²) in [5, 5.41) is 3.21. The number of amides is 1. The predicted molar refractivity (Wildman–Crippen MR) is 77.2 cm³/mol.